The molecule has 1 fully saturated rings. The van der Waals surface area contributed by atoms with E-state index in [0.29, 0.717) is 43.1 Å². The third-order valence-corrected chi connectivity index (χ3v) is 3.71. The average molecular weight is 293 g/mol. The van der Waals surface area contributed by atoms with E-state index in [4.69, 9.17) is 4.74 Å². The lowest BCUT2D eigenvalue weighted by Gasteiger charge is -2.31. The number of nitrogens with one attached hydrogen (secondary N) is 1. The molecule has 2 heterocycles. The lowest BCUT2D eigenvalue weighted by Crippen LogP contribution is -2.36. The van der Waals surface area contributed by atoms with E-state index in [1.165, 1.54) is 6.07 Å². The summed E-state index contributed by atoms with van der Waals surface area (Å²) in [7, 11) is 0. The van der Waals surface area contributed by atoms with Crippen molar-refractivity contribution in [2.24, 2.45) is 0 Å². The summed E-state index contributed by atoms with van der Waals surface area (Å²) in [5.74, 6) is 0.0264. The van der Waals surface area contributed by atoms with E-state index < -0.39 is 4.92 Å². The van der Waals surface area contributed by atoms with Crippen molar-refractivity contribution < 1.29 is 19.6 Å². The molecule has 0 radical (unpaired) electrons. The van der Waals surface area contributed by atoms with Crippen LogP contribution < -0.4 is 15.0 Å². The fourth-order valence-electron chi connectivity index (χ4n) is 2.61. The number of rotatable bonds is 2. The molecule has 0 saturated carbocycles. The number of benzene rings is 1. The zero-order valence-electron chi connectivity index (χ0n) is 11.2. The zero-order valence-corrected chi connectivity index (χ0v) is 11.2. The number of hydrogen-bond acceptors (Lipinski definition) is 6. The Morgan fingerprint density at radius 1 is 1.38 bits per heavy atom. The van der Waals surface area contributed by atoms with Gasteiger partial charge in [-0.1, -0.05) is 0 Å². The minimum atomic E-state index is -0.458. The molecule has 2 N–H and O–H groups in total. The number of nitro groups is 1. The fourth-order valence-corrected chi connectivity index (χ4v) is 2.61. The number of aliphatic hydroxyl groups is 1. The maximum Gasteiger partial charge on any atom is 0.296 e. The molecule has 2 aliphatic heterocycles. The van der Waals surface area contributed by atoms with Gasteiger partial charge in [-0.2, -0.15) is 0 Å². The number of nitro benzene ring substituents is 1. The minimum Gasteiger partial charge on any atom is -0.481 e. The van der Waals surface area contributed by atoms with Crippen molar-refractivity contribution in [3.05, 3.63) is 22.2 Å². The maximum absolute atomic E-state index is 11.4. The van der Waals surface area contributed by atoms with Crippen LogP contribution >= 0.6 is 0 Å². The molecule has 1 aromatic rings. The van der Waals surface area contributed by atoms with Crippen LogP contribution in [0.4, 0.5) is 17.1 Å². The fraction of sp³-hybridized carbons (Fsp3) is 0.462. The molecule has 8 nitrogen and oxygen atoms in total. The molecule has 0 bridgehead atoms. The van der Waals surface area contributed by atoms with E-state index in [-0.39, 0.29) is 24.3 Å². The normalized spacial score (nSPS) is 18.7. The topological polar surface area (TPSA) is 105 Å². The molecule has 0 unspecified atom stereocenters. The van der Waals surface area contributed by atoms with Crippen LogP contribution in [0.5, 0.6) is 5.75 Å². The van der Waals surface area contributed by atoms with E-state index in [1.807, 2.05) is 4.90 Å². The van der Waals surface area contributed by atoms with Crippen LogP contribution in [0.25, 0.3) is 0 Å². The number of nitrogens with zero attached hydrogens (tertiary/aromatic N) is 2. The van der Waals surface area contributed by atoms with Crippen LogP contribution in [-0.2, 0) is 4.79 Å². The van der Waals surface area contributed by atoms with E-state index in [9.17, 15) is 20.0 Å². The Bertz CT molecular complexity index is 596. The second-order valence-electron chi connectivity index (χ2n) is 5.15. The lowest BCUT2D eigenvalue weighted by atomic mass is 10.1. The first-order chi connectivity index (χ1) is 10.0. The van der Waals surface area contributed by atoms with Crippen LogP contribution in [0.15, 0.2) is 12.1 Å². The summed E-state index contributed by atoms with van der Waals surface area (Å²) >= 11 is 0. The molecule has 0 spiro atoms. The molecule has 0 aromatic heterocycles. The number of anilines is 2. The molecule has 1 aromatic carbocycles. The summed E-state index contributed by atoms with van der Waals surface area (Å²) in [6.07, 6.45) is 0.773. The van der Waals surface area contributed by atoms with E-state index >= 15 is 0 Å². The summed E-state index contributed by atoms with van der Waals surface area (Å²) in [6, 6.07) is 2.91. The molecule has 0 aliphatic carbocycles. The van der Waals surface area contributed by atoms with Crippen molar-refractivity contribution in [3.63, 3.8) is 0 Å². The maximum atomic E-state index is 11.4. The number of fused-ring (bicyclic) bond motifs is 1. The van der Waals surface area contributed by atoms with Gasteiger partial charge >= 0.3 is 0 Å². The van der Waals surface area contributed by atoms with Gasteiger partial charge < -0.3 is 20.1 Å². The first-order valence-electron chi connectivity index (χ1n) is 6.72. The molecule has 1 amide bonds. The zero-order chi connectivity index (χ0) is 15.0. The quantitative estimate of drug-likeness (QED) is 0.619. The third-order valence-electron chi connectivity index (χ3n) is 3.71. The highest BCUT2D eigenvalue weighted by Gasteiger charge is 2.28. The largest absolute Gasteiger partial charge is 0.481 e. The average Bonchev–Trinajstić information content (AvgIpc) is 2.46. The molecule has 1 saturated heterocycles. The van der Waals surface area contributed by atoms with Gasteiger partial charge in [-0.15, -0.1) is 0 Å². The summed E-state index contributed by atoms with van der Waals surface area (Å²) < 4.78 is 5.21. The molecular weight excluding hydrogens is 278 g/mol. The molecule has 112 valence electrons. The van der Waals surface area contributed by atoms with Crippen LogP contribution in [0.1, 0.15) is 12.8 Å². The highest BCUT2D eigenvalue weighted by molar-refractivity contribution is 5.96. The monoisotopic (exact) mass is 293 g/mol. The number of piperidine rings is 1. The number of amides is 1. The lowest BCUT2D eigenvalue weighted by molar-refractivity contribution is -0.384. The van der Waals surface area contributed by atoms with Crippen molar-refractivity contribution in [2.75, 3.05) is 29.9 Å². The second kappa shape index (κ2) is 5.21. The Labute approximate surface area is 120 Å². The standard InChI is InChI=1S/C13H15N3O5/c17-8-1-3-15(4-2-8)10-5-9-12(6-11(10)16(19)20)21-7-13(18)14-9/h5-6,8,17H,1-4,7H2,(H,14,18). The van der Waals surface area contributed by atoms with Crippen LogP contribution in [0.3, 0.4) is 0 Å². The summed E-state index contributed by atoms with van der Waals surface area (Å²) in [6.45, 7) is 0.935. The van der Waals surface area contributed by atoms with Crippen molar-refractivity contribution in [1.29, 1.82) is 0 Å². The minimum absolute atomic E-state index is 0.0544. The van der Waals surface area contributed by atoms with E-state index in [2.05, 4.69) is 5.32 Å². The Kier molecular flexibility index (Phi) is 3.38. The molecule has 8 heteroatoms. The first kappa shape index (κ1) is 13.6. The van der Waals surface area contributed by atoms with Crippen molar-refractivity contribution in [2.45, 2.75) is 18.9 Å². The van der Waals surface area contributed by atoms with Gasteiger partial charge in [0, 0.05) is 13.1 Å². The van der Waals surface area contributed by atoms with E-state index in [0.717, 1.165) is 0 Å². The molecular formula is C13H15N3O5. The SMILES string of the molecule is O=C1COc2cc([N+](=O)[O-])c(N3CCC(O)CC3)cc2N1. The first-order valence-corrected chi connectivity index (χ1v) is 6.72. The summed E-state index contributed by atoms with van der Waals surface area (Å²) in [5, 5.41) is 23.5. The Morgan fingerprint density at radius 3 is 2.76 bits per heavy atom. The molecule has 2 aliphatic rings. The number of carbonyl (C=O) groups is 1. The molecule has 3 rings (SSSR count). The van der Waals surface area contributed by atoms with Gasteiger partial charge in [0.1, 0.15) is 5.69 Å². The second-order valence-corrected chi connectivity index (χ2v) is 5.15. The molecule has 21 heavy (non-hydrogen) atoms. The highest BCUT2D eigenvalue weighted by atomic mass is 16.6. The van der Waals surface area contributed by atoms with Gasteiger partial charge in [0.15, 0.2) is 12.4 Å². The van der Waals surface area contributed by atoms with Crippen molar-refractivity contribution in [3.8, 4) is 5.75 Å². The predicted molar refractivity (Wildman–Crippen MR) is 74.7 cm³/mol. The van der Waals surface area contributed by atoms with Crippen LogP contribution in [0, 0.1) is 10.1 Å². The number of aliphatic hydroxyl groups excluding tert-OH is 1. The highest BCUT2D eigenvalue weighted by Crippen LogP contribution is 2.40. The smallest absolute Gasteiger partial charge is 0.296 e. The van der Waals surface area contributed by atoms with Gasteiger partial charge in [0.05, 0.1) is 22.8 Å². The third kappa shape index (κ3) is 2.62. The van der Waals surface area contributed by atoms with Gasteiger partial charge in [0.2, 0.25) is 0 Å². The number of carbonyl (C=O) groups excluding carboxylic acids is 1. The van der Waals surface area contributed by atoms with Gasteiger partial charge in [-0.25, -0.2) is 0 Å². The number of hydrogen-bond donors (Lipinski definition) is 2. The van der Waals surface area contributed by atoms with Crippen LogP contribution in [0.2, 0.25) is 0 Å². The van der Waals surface area contributed by atoms with Gasteiger partial charge in [-0.3, -0.25) is 14.9 Å². The van der Waals surface area contributed by atoms with Crippen molar-refractivity contribution in [1.82, 2.24) is 0 Å². The summed E-state index contributed by atoms with van der Waals surface area (Å²) in [4.78, 5) is 24.0. The Balaban J connectivity index is 1.99. The Hall–Kier alpha value is -2.35. The van der Waals surface area contributed by atoms with E-state index in [1.54, 1.807) is 6.07 Å². The van der Waals surface area contributed by atoms with Crippen molar-refractivity contribution >= 4 is 23.0 Å². The van der Waals surface area contributed by atoms with Gasteiger partial charge in [0.25, 0.3) is 11.6 Å². The number of ether oxygens (including phenoxy) is 1. The summed E-state index contributed by atoms with van der Waals surface area (Å²) in [5.41, 5.74) is 0.829. The predicted octanol–water partition coefficient (Wildman–Crippen LogP) is 0.887. The molecule has 0 atom stereocenters. The van der Waals surface area contributed by atoms with Gasteiger partial charge in [-0.05, 0) is 18.9 Å². The van der Waals surface area contributed by atoms with Crippen LogP contribution in [-0.4, -0.2) is 41.7 Å². The Morgan fingerprint density at radius 2 is 2.10 bits per heavy atom.